The number of carbonyl (C=O) groups is 4. The van der Waals surface area contributed by atoms with Gasteiger partial charge in [-0.2, -0.15) is 5.10 Å². The second-order valence-electron chi connectivity index (χ2n) is 12.2. The second kappa shape index (κ2) is 28.5. The smallest absolute Gasteiger partial charge is 0.246 e. The maximum Gasteiger partial charge on any atom is 0.246 e. The van der Waals surface area contributed by atoms with Crippen LogP contribution in [-0.2, 0) is 38.1 Å². The van der Waals surface area contributed by atoms with Gasteiger partial charge in [0.15, 0.2) is 0 Å². The predicted molar refractivity (Wildman–Crippen MR) is 191 cm³/mol. The van der Waals surface area contributed by atoms with Crippen molar-refractivity contribution < 1.29 is 38.1 Å². The summed E-state index contributed by atoms with van der Waals surface area (Å²) in [7, 11) is 0. The first-order valence-corrected chi connectivity index (χ1v) is 18.1. The van der Waals surface area contributed by atoms with Crippen molar-refractivity contribution in [1.82, 2.24) is 36.1 Å². The van der Waals surface area contributed by atoms with Crippen molar-refractivity contribution >= 4 is 30.3 Å². The van der Waals surface area contributed by atoms with Crippen LogP contribution in [-0.4, -0.2) is 176 Å². The van der Waals surface area contributed by atoms with Gasteiger partial charge in [-0.25, -0.2) is 0 Å². The molecule has 2 aliphatic rings. The van der Waals surface area contributed by atoms with Gasteiger partial charge in [0.1, 0.15) is 0 Å². The summed E-state index contributed by atoms with van der Waals surface area (Å²) >= 11 is 0. The molecule has 0 aliphatic carbocycles. The van der Waals surface area contributed by atoms with Crippen LogP contribution in [0.15, 0.2) is 17.3 Å². The molecule has 16 nitrogen and oxygen atoms in total. The van der Waals surface area contributed by atoms with E-state index in [1.54, 1.807) is 6.08 Å². The van der Waals surface area contributed by atoms with Crippen LogP contribution in [0.1, 0.15) is 45.4 Å². The van der Waals surface area contributed by atoms with Gasteiger partial charge in [-0.3, -0.25) is 29.0 Å². The average molecular weight is 711 g/mol. The van der Waals surface area contributed by atoms with Gasteiger partial charge in [-0.15, -0.1) is 0 Å². The average Bonchev–Trinajstić information content (AvgIpc) is 3.12. The maximum atomic E-state index is 12.5. The fraction of sp³-hybridized carbons (Fsp3) is 0.794. The Labute approximate surface area is 298 Å². The Morgan fingerprint density at radius 3 is 1.92 bits per heavy atom. The number of nitrogens with one attached hydrogen (secondary N) is 4. The lowest BCUT2D eigenvalue weighted by Crippen LogP contribution is -2.48. The first kappa shape index (κ1) is 43.0. The lowest BCUT2D eigenvalue weighted by atomic mass is 10.1. The fourth-order valence-corrected chi connectivity index (χ4v) is 5.31. The number of hydrogen-bond acceptors (Lipinski definition) is 12. The maximum absolute atomic E-state index is 12.5. The highest BCUT2D eigenvalue weighted by atomic mass is 16.6. The van der Waals surface area contributed by atoms with Gasteiger partial charge in [-0.05, 0) is 19.3 Å². The minimum atomic E-state index is -0.169. The normalized spacial score (nSPS) is 17.1. The number of rotatable bonds is 28. The Morgan fingerprint density at radius 2 is 1.28 bits per heavy atom. The number of piperidine rings is 1. The van der Waals surface area contributed by atoms with Gasteiger partial charge >= 0.3 is 0 Å². The van der Waals surface area contributed by atoms with Gasteiger partial charge in [0, 0.05) is 104 Å². The van der Waals surface area contributed by atoms with E-state index in [1.807, 2.05) is 17.9 Å². The van der Waals surface area contributed by atoms with Crippen LogP contribution in [0.2, 0.25) is 0 Å². The zero-order valence-electron chi connectivity index (χ0n) is 30.2. The molecule has 2 saturated heterocycles. The van der Waals surface area contributed by atoms with Crippen LogP contribution in [0.5, 0.6) is 0 Å². The van der Waals surface area contributed by atoms with Crippen molar-refractivity contribution in [1.29, 1.82) is 0 Å². The monoisotopic (exact) mass is 710 g/mol. The molecule has 286 valence electrons. The standard InChI is InChI=1S/C34H62N8O8/c1-3-11-36-31(43)8-9-32(44)38-13-22-48-24-26-50-28-27-49-25-23-47-21-10-33(45)37-12-16-41-19-17-40(18-20-41)14-5-7-34(46)42-15-4-6-30(29-42)39-35-2/h5,7,30,39H,2-4,6,8-29H2,1H3,(H,36,43)(H,37,45)(H,38,44)/b7-5+/t30-/m1/s1. The molecular weight excluding hydrogens is 648 g/mol. The van der Waals surface area contributed by atoms with Crippen LogP contribution in [0, 0.1) is 0 Å². The van der Waals surface area contributed by atoms with E-state index in [-0.39, 0.29) is 42.5 Å². The number of nitrogens with zero attached hydrogens (tertiary/aromatic N) is 4. The molecular formula is C34H62N8O8. The van der Waals surface area contributed by atoms with Crippen molar-refractivity contribution in [2.75, 3.05) is 125 Å². The molecule has 4 N–H and O–H groups in total. The number of ether oxygens (including phenoxy) is 4. The first-order chi connectivity index (χ1) is 24.4. The third kappa shape index (κ3) is 21.8. The molecule has 4 amide bonds. The van der Waals surface area contributed by atoms with Gasteiger partial charge in [-0.1, -0.05) is 13.0 Å². The molecule has 2 fully saturated rings. The van der Waals surface area contributed by atoms with E-state index in [1.165, 1.54) is 0 Å². The van der Waals surface area contributed by atoms with E-state index in [0.29, 0.717) is 85.5 Å². The third-order valence-corrected chi connectivity index (χ3v) is 8.16. The van der Waals surface area contributed by atoms with Crippen LogP contribution < -0.4 is 21.4 Å². The largest absolute Gasteiger partial charge is 0.379 e. The van der Waals surface area contributed by atoms with Gasteiger partial charge < -0.3 is 45.2 Å². The zero-order chi connectivity index (χ0) is 36.1. The molecule has 16 heteroatoms. The Kier molecular flexibility index (Phi) is 24.6. The van der Waals surface area contributed by atoms with Crippen molar-refractivity contribution in [2.45, 2.75) is 51.5 Å². The summed E-state index contributed by atoms with van der Waals surface area (Å²) in [5.41, 5.74) is 2.97. The molecule has 0 saturated carbocycles. The molecule has 2 aliphatic heterocycles. The molecule has 0 spiro atoms. The van der Waals surface area contributed by atoms with Gasteiger partial charge in [0.05, 0.1) is 58.9 Å². The summed E-state index contributed by atoms with van der Waals surface area (Å²) in [6.07, 6.45) is 7.14. The van der Waals surface area contributed by atoms with Gasteiger partial charge in [0.25, 0.3) is 0 Å². The lowest BCUT2D eigenvalue weighted by Gasteiger charge is -2.34. The molecule has 0 aromatic carbocycles. The van der Waals surface area contributed by atoms with Crippen molar-refractivity contribution in [3.63, 3.8) is 0 Å². The highest BCUT2D eigenvalue weighted by Crippen LogP contribution is 2.11. The number of carbonyl (C=O) groups excluding carboxylic acids is 4. The van der Waals surface area contributed by atoms with E-state index < -0.39 is 0 Å². The summed E-state index contributed by atoms with van der Waals surface area (Å²) in [4.78, 5) is 54.4. The first-order valence-electron chi connectivity index (χ1n) is 18.1. The summed E-state index contributed by atoms with van der Waals surface area (Å²) in [6.45, 7) is 17.0. The summed E-state index contributed by atoms with van der Waals surface area (Å²) in [6, 6.07) is 0.179. The SMILES string of the molecule is C=NN[C@@H]1CCCN(C(=O)/C=C/CN2CCN(CCNC(=O)CCOCCOCCOCCOCCNC(=O)CCC(=O)NCCC)CC2)C1. The van der Waals surface area contributed by atoms with Gasteiger partial charge in [0.2, 0.25) is 23.6 Å². The van der Waals surface area contributed by atoms with E-state index in [9.17, 15) is 19.2 Å². The van der Waals surface area contributed by atoms with Crippen LogP contribution in [0.25, 0.3) is 0 Å². The number of hydrogen-bond donors (Lipinski definition) is 4. The van der Waals surface area contributed by atoms with Crippen LogP contribution in [0.3, 0.4) is 0 Å². The summed E-state index contributed by atoms with van der Waals surface area (Å²) in [5, 5.41) is 12.2. The number of piperazine rings is 1. The van der Waals surface area contributed by atoms with E-state index in [4.69, 9.17) is 18.9 Å². The number of amides is 4. The topological polar surface area (TPSA) is 175 Å². The van der Waals surface area contributed by atoms with E-state index in [2.05, 4.69) is 43.0 Å². The predicted octanol–water partition coefficient (Wildman–Crippen LogP) is -0.648. The summed E-state index contributed by atoms with van der Waals surface area (Å²) < 4.78 is 21.9. The fourth-order valence-electron chi connectivity index (χ4n) is 5.31. The molecule has 0 unspecified atom stereocenters. The molecule has 50 heavy (non-hydrogen) atoms. The number of hydrazone groups is 1. The Balaban J connectivity index is 1.32. The Hall–Kier alpha value is -3.15. The highest BCUT2D eigenvalue weighted by molar-refractivity contribution is 5.87. The molecule has 1 atom stereocenters. The van der Waals surface area contributed by atoms with Crippen molar-refractivity contribution in [3.8, 4) is 0 Å². The molecule has 0 aromatic heterocycles. The molecule has 2 rings (SSSR count). The molecule has 0 radical (unpaired) electrons. The molecule has 2 heterocycles. The molecule has 0 aromatic rings. The Morgan fingerprint density at radius 1 is 0.720 bits per heavy atom. The second-order valence-corrected chi connectivity index (χ2v) is 12.2. The highest BCUT2D eigenvalue weighted by Gasteiger charge is 2.22. The number of likely N-dealkylation sites (tertiary alicyclic amines) is 1. The summed E-state index contributed by atoms with van der Waals surface area (Å²) in [5.74, 6) is -0.255. The van der Waals surface area contributed by atoms with Crippen LogP contribution >= 0.6 is 0 Å². The minimum Gasteiger partial charge on any atom is -0.379 e. The molecule has 0 bridgehead atoms. The van der Waals surface area contributed by atoms with Crippen LogP contribution in [0.4, 0.5) is 0 Å². The third-order valence-electron chi connectivity index (χ3n) is 8.16. The zero-order valence-corrected chi connectivity index (χ0v) is 30.2. The minimum absolute atomic E-state index is 0.0271. The Bertz CT molecular complexity index is 996. The van der Waals surface area contributed by atoms with Crippen molar-refractivity contribution in [2.24, 2.45) is 5.10 Å². The van der Waals surface area contributed by atoms with E-state index in [0.717, 1.165) is 65.1 Å². The lowest BCUT2D eigenvalue weighted by molar-refractivity contribution is -0.127. The quantitative estimate of drug-likeness (QED) is 0.0352. The van der Waals surface area contributed by atoms with E-state index >= 15 is 0 Å². The van der Waals surface area contributed by atoms with Crippen molar-refractivity contribution in [3.05, 3.63) is 12.2 Å².